The van der Waals surface area contributed by atoms with E-state index in [1.165, 1.54) is 12.1 Å². The Labute approximate surface area is 284 Å². The van der Waals surface area contributed by atoms with E-state index in [1.807, 2.05) is 78.9 Å². The van der Waals surface area contributed by atoms with E-state index in [0.717, 1.165) is 50.2 Å². The third kappa shape index (κ3) is 6.23. The summed E-state index contributed by atoms with van der Waals surface area (Å²) in [5.41, 5.74) is 8.83. The molecule has 0 atom stereocenters. The van der Waals surface area contributed by atoms with E-state index in [9.17, 15) is 13.0 Å². The van der Waals surface area contributed by atoms with Gasteiger partial charge in [0.1, 0.15) is 6.08 Å². The molecule has 0 bridgehead atoms. The van der Waals surface area contributed by atoms with Gasteiger partial charge in [0, 0.05) is 11.6 Å². The van der Waals surface area contributed by atoms with Crippen molar-refractivity contribution in [1.82, 2.24) is 0 Å². The minimum Gasteiger partial charge on any atom is -0.438 e. The summed E-state index contributed by atoms with van der Waals surface area (Å²) in [6.07, 6.45) is 1.92. The molecule has 8 rings (SSSR count). The molecule has 0 fully saturated rings. The first kappa shape index (κ1) is 30.4. The Bertz CT molecular complexity index is 2420. The van der Waals surface area contributed by atoms with Crippen LogP contribution in [0.4, 0.5) is 5.69 Å². The lowest BCUT2D eigenvalue weighted by atomic mass is 10.0. The lowest BCUT2D eigenvalue weighted by Crippen LogP contribution is -2.36. The van der Waals surface area contributed by atoms with Crippen molar-refractivity contribution >= 4 is 33.0 Å². The summed E-state index contributed by atoms with van der Waals surface area (Å²) >= 11 is 0. The number of rotatable bonds is 8. The van der Waals surface area contributed by atoms with Crippen molar-refractivity contribution in [3.05, 3.63) is 175 Å². The van der Waals surface area contributed by atoms with E-state index in [2.05, 4.69) is 64.1 Å². The highest BCUT2D eigenvalue weighted by molar-refractivity contribution is 7.85. The van der Waals surface area contributed by atoms with Gasteiger partial charge < -0.3 is 14.1 Å². The normalized spacial score (nSPS) is 13.5. The average Bonchev–Trinajstić information content (AvgIpc) is 3.65. The number of benzene rings is 6. The van der Waals surface area contributed by atoms with Crippen molar-refractivity contribution in [2.24, 2.45) is 0 Å². The van der Waals surface area contributed by atoms with Crippen LogP contribution in [0.15, 0.2) is 167 Å². The van der Waals surface area contributed by atoms with E-state index in [-0.39, 0.29) is 4.90 Å². The van der Waals surface area contributed by atoms with Gasteiger partial charge in [0.25, 0.3) is 15.6 Å². The molecule has 7 aromatic rings. The molecule has 0 aliphatic carbocycles. The summed E-state index contributed by atoms with van der Waals surface area (Å²) in [4.78, 5) is 1.90. The zero-order chi connectivity index (χ0) is 33.4. The van der Waals surface area contributed by atoms with Crippen LogP contribution in [0, 0.1) is 0 Å². The Morgan fingerprint density at radius 2 is 1.27 bits per heavy atom. The van der Waals surface area contributed by atoms with Gasteiger partial charge in [-0.2, -0.15) is 13.0 Å². The number of ether oxygens (including phenoxy) is 1. The van der Waals surface area contributed by atoms with Gasteiger partial charge in [-0.05, 0) is 58.1 Å². The molecule has 0 amide bonds. The van der Waals surface area contributed by atoms with Crippen LogP contribution in [-0.2, 0) is 23.2 Å². The third-order valence-corrected chi connectivity index (χ3v) is 9.54. The summed E-state index contributed by atoms with van der Waals surface area (Å²) < 4.78 is 48.2. The molecular weight excluding hydrogens is 633 g/mol. The molecule has 240 valence electrons. The van der Waals surface area contributed by atoms with Crippen molar-refractivity contribution in [1.29, 1.82) is 0 Å². The summed E-state index contributed by atoms with van der Waals surface area (Å²) in [6.45, 7) is 0.952. The molecule has 1 N–H and O–H groups in total. The number of hydrogen-bond donors (Lipinski definition) is 1. The number of aromatic nitrogens is 1. The van der Waals surface area contributed by atoms with Crippen molar-refractivity contribution in [3.8, 4) is 28.0 Å². The third-order valence-electron chi connectivity index (χ3n) is 8.67. The Kier molecular flexibility index (Phi) is 7.80. The first-order chi connectivity index (χ1) is 23.9. The fourth-order valence-corrected chi connectivity index (χ4v) is 6.66. The molecule has 0 saturated heterocycles. The Morgan fingerprint density at radius 1 is 0.653 bits per heavy atom. The zero-order valence-corrected chi connectivity index (χ0v) is 27.1. The number of oxazole rings is 1. The summed E-state index contributed by atoms with van der Waals surface area (Å²) in [6, 6.07) is 49.2. The Balaban J connectivity index is 1.25. The molecule has 8 heteroatoms. The zero-order valence-electron chi connectivity index (χ0n) is 26.3. The maximum absolute atomic E-state index is 11.7. The number of hydrogen-bond acceptors (Lipinski definition) is 5. The van der Waals surface area contributed by atoms with E-state index < -0.39 is 10.1 Å². The van der Waals surface area contributed by atoms with Crippen LogP contribution >= 0.6 is 0 Å². The van der Waals surface area contributed by atoms with Crippen LogP contribution in [0.5, 0.6) is 5.75 Å². The minimum absolute atomic E-state index is 0.157. The first-order valence-corrected chi connectivity index (χ1v) is 17.3. The molecule has 49 heavy (non-hydrogen) atoms. The Hall–Kier alpha value is -5.96. The molecule has 7 nitrogen and oxygen atoms in total. The molecule has 1 aromatic heterocycles. The molecule has 0 spiro atoms. The highest BCUT2D eigenvalue weighted by Crippen LogP contribution is 2.43. The predicted octanol–water partition coefficient (Wildman–Crippen LogP) is 8.75. The molecular formula is C41H31N2O5S+. The highest BCUT2D eigenvalue weighted by atomic mass is 32.2. The molecule has 0 radical (unpaired) electrons. The molecule has 6 aromatic carbocycles. The number of nitrogens with zero attached hydrogens (tertiary/aromatic N) is 2. The topological polar surface area (TPSA) is 83.9 Å². The van der Waals surface area contributed by atoms with Gasteiger partial charge in [-0.25, -0.2) is 0 Å². The second-order valence-corrected chi connectivity index (χ2v) is 13.3. The lowest BCUT2D eigenvalue weighted by Gasteiger charge is -2.19. The van der Waals surface area contributed by atoms with Crippen molar-refractivity contribution < 1.29 is 26.7 Å². The monoisotopic (exact) mass is 663 g/mol. The van der Waals surface area contributed by atoms with Crippen LogP contribution in [0.25, 0.3) is 39.4 Å². The Morgan fingerprint density at radius 3 is 1.92 bits per heavy atom. The predicted molar refractivity (Wildman–Crippen MR) is 190 cm³/mol. The SMILES string of the molecule is O=S(=O)(O)c1ccc(CN2C(=Cc3oc4ccc(-c5ccccc5)cc4[n+]3Cc3ccccc3)Oc3ccc(-c4ccccc4)cc32)cc1. The standard InChI is InChI=1S/C41H30N2O5S/c44-49(45,46)35-20-16-30(17-21-35)28-43-37-25-34(32-14-8-3-9-15-32)19-23-39(37)48-41(43)26-40-42(27-29-10-4-1-5-11-29)36-24-33(18-22-38(36)47-40)31-12-6-2-7-13-31/h1-26H,27-28H2/p+1. The largest absolute Gasteiger partial charge is 0.438 e. The number of fused-ring (bicyclic) bond motifs is 2. The lowest BCUT2D eigenvalue weighted by molar-refractivity contribution is -0.669. The van der Waals surface area contributed by atoms with E-state index in [4.69, 9.17) is 9.15 Å². The molecule has 1 aliphatic rings. The summed E-state index contributed by atoms with van der Waals surface area (Å²) in [7, 11) is -4.31. The van der Waals surface area contributed by atoms with E-state index in [0.29, 0.717) is 30.6 Å². The second kappa shape index (κ2) is 12.6. The van der Waals surface area contributed by atoms with Crippen LogP contribution in [-0.4, -0.2) is 13.0 Å². The van der Waals surface area contributed by atoms with Crippen molar-refractivity contribution in [2.75, 3.05) is 4.90 Å². The van der Waals surface area contributed by atoms with Gasteiger partial charge in [-0.3, -0.25) is 4.55 Å². The first-order valence-electron chi connectivity index (χ1n) is 15.9. The molecule has 2 heterocycles. The van der Waals surface area contributed by atoms with Crippen LogP contribution < -0.4 is 14.2 Å². The van der Waals surface area contributed by atoms with Gasteiger partial charge in [0.2, 0.25) is 11.5 Å². The van der Waals surface area contributed by atoms with Gasteiger partial charge in [-0.15, -0.1) is 0 Å². The summed E-state index contributed by atoms with van der Waals surface area (Å²) in [5.74, 6) is 1.86. The fourth-order valence-electron chi connectivity index (χ4n) is 6.18. The second-order valence-electron chi connectivity index (χ2n) is 11.9. The van der Waals surface area contributed by atoms with Crippen LogP contribution in [0.2, 0.25) is 0 Å². The highest BCUT2D eigenvalue weighted by Gasteiger charge is 2.31. The molecule has 1 aliphatic heterocycles. The van der Waals surface area contributed by atoms with E-state index >= 15 is 0 Å². The molecule has 0 saturated carbocycles. The number of anilines is 1. The molecule has 0 unspecified atom stereocenters. The van der Waals surface area contributed by atoms with Crippen molar-refractivity contribution in [2.45, 2.75) is 18.0 Å². The summed E-state index contributed by atoms with van der Waals surface area (Å²) in [5, 5.41) is 0. The minimum atomic E-state index is -4.31. The quantitative estimate of drug-likeness (QED) is 0.129. The van der Waals surface area contributed by atoms with Gasteiger partial charge in [0.15, 0.2) is 12.3 Å². The maximum Gasteiger partial charge on any atom is 0.379 e. The van der Waals surface area contributed by atoms with Crippen molar-refractivity contribution in [3.63, 3.8) is 0 Å². The van der Waals surface area contributed by atoms with Gasteiger partial charge in [0.05, 0.1) is 17.1 Å². The van der Waals surface area contributed by atoms with Crippen LogP contribution in [0.1, 0.15) is 17.0 Å². The van der Waals surface area contributed by atoms with Crippen LogP contribution in [0.3, 0.4) is 0 Å². The van der Waals surface area contributed by atoms with Gasteiger partial charge >= 0.3 is 5.89 Å². The average molecular weight is 664 g/mol. The maximum atomic E-state index is 11.7. The van der Waals surface area contributed by atoms with Gasteiger partial charge in [-0.1, -0.05) is 115 Å². The fraction of sp³-hybridized carbons (Fsp3) is 0.0488. The van der Waals surface area contributed by atoms with E-state index in [1.54, 1.807) is 12.1 Å². The smallest absolute Gasteiger partial charge is 0.379 e.